The largest absolute Gasteiger partial charge is 0.433 e. The molecule has 0 bridgehead atoms. The number of nitriles is 1. The van der Waals surface area contributed by atoms with Gasteiger partial charge in [-0.05, 0) is 23.8 Å². The highest BCUT2D eigenvalue weighted by molar-refractivity contribution is 7.99. The van der Waals surface area contributed by atoms with Crippen molar-refractivity contribution in [3.63, 3.8) is 0 Å². The van der Waals surface area contributed by atoms with Crippen LogP contribution in [0.2, 0.25) is 5.02 Å². The molecule has 2 aromatic carbocycles. The first-order valence-corrected chi connectivity index (χ1v) is 9.71. The van der Waals surface area contributed by atoms with Gasteiger partial charge in [0.2, 0.25) is 0 Å². The van der Waals surface area contributed by atoms with E-state index < -0.39 is 11.9 Å². The van der Waals surface area contributed by atoms with Crippen molar-refractivity contribution in [3.05, 3.63) is 76.2 Å². The molecule has 1 aromatic heterocycles. The van der Waals surface area contributed by atoms with Crippen molar-refractivity contribution in [2.75, 3.05) is 6.61 Å². The van der Waals surface area contributed by atoms with Gasteiger partial charge in [-0.1, -0.05) is 53.7 Å². The molecule has 0 aliphatic carbocycles. The summed E-state index contributed by atoms with van der Waals surface area (Å²) in [5.74, 6) is 0.176. The SMILES string of the molecule is N#Cc1cc(Cl)cc(Sc2nc(CCOCc3ccccc3)[nH]c2C(F)(F)F)c1. The van der Waals surface area contributed by atoms with Crippen LogP contribution in [0.5, 0.6) is 0 Å². The number of imidazole rings is 1. The van der Waals surface area contributed by atoms with Gasteiger partial charge in [-0.15, -0.1) is 0 Å². The van der Waals surface area contributed by atoms with Crippen LogP contribution in [0.4, 0.5) is 13.2 Å². The maximum Gasteiger partial charge on any atom is 0.433 e. The van der Waals surface area contributed by atoms with Crippen molar-refractivity contribution >= 4 is 23.4 Å². The van der Waals surface area contributed by atoms with E-state index in [1.165, 1.54) is 18.2 Å². The van der Waals surface area contributed by atoms with E-state index in [0.717, 1.165) is 17.3 Å². The Morgan fingerprint density at radius 3 is 2.62 bits per heavy atom. The zero-order chi connectivity index (χ0) is 20.9. The molecule has 0 aliphatic heterocycles. The minimum atomic E-state index is -4.59. The third kappa shape index (κ3) is 6.00. The zero-order valence-corrected chi connectivity index (χ0v) is 16.5. The number of rotatable bonds is 7. The second-order valence-electron chi connectivity index (χ2n) is 6.04. The number of nitrogens with one attached hydrogen (secondary N) is 1. The molecule has 0 spiro atoms. The maximum absolute atomic E-state index is 13.4. The number of aromatic nitrogens is 2. The fourth-order valence-electron chi connectivity index (χ4n) is 2.52. The molecule has 29 heavy (non-hydrogen) atoms. The Labute approximate surface area is 174 Å². The topological polar surface area (TPSA) is 61.7 Å². The molecular weight excluding hydrogens is 423 g/mol. The third-order valence-corrected chi connectivity index (χ3v) is 4.99. The van der Waals surface area contributed by atoms with Crippen LogP contribution in [-0.2, 0) is 23.9 Å². The van der Waals surface area contributed by atoms with Crippen LogP contribution in [-0.4, -0.2) is 16.6 Å². The number of ether oxygens (including phenoxy) is 1. The highest BCUT2D eigenvalue weighted by Crippen LogP contribution is 2.39. The molecule has 0 atom stereocenters. The van der Waals surface area contributed by atoms with E-state index >= 15 is 0 Å². The Hall–Kier alpha value is -2.47. The van der Waals surface area contributed by atoms with Gasteiger partial charge in [-0.25, -0.2) is 4.98 Å². The Kier molecular flexibility index (Phi) is 6.85. The van der Waals surface area contributed by atoms with E-state index in [0.29, 0.717) is 11.5 Å². The van der Waals surface area contributed by atoms with E-state index in [2.05, 4.69) is 9.97 Å². The van der Waals surface area contributed by atoms with Crippen LogP contribution in [0.15, 0.2) is 58.5 Å². The van der Waals surface area contributed by atoms with Gasteiger partial charge in [0.25, 0.3) is 0 Å². The van der Waals surface area contributed by atoms with E-state index in [1.54, 1.807) is 0 Å². The van der Waals surface area contributed by atoms with Gasteiger partial charge in [0.15, 0.2) is 5.69 Å². The first kappa shape index (κ1) is 21.2. The second-order valence-corrected chi connectivity index (χ2v) is 7.54. The minimum absolute atomic E-state index is 0.176. The number of nitrogens with zero attached hydrogens (tertiary/aromatic N) is 2. The molecule has 3 rings (SSSR count). The van der Waals surface area contributed by atoms with Crippen LogP contribution in [0.3, 0.4) is 0 Å². The average molecular weight is 438 g/mol. The lowest BCUT2D eigenvalue weighted by molar-refractivity contribution is -0.143. The molecular formula is C20H15ClF3N3OS. The van der Waals surface area contributed by atoms with Gasteiger partial charge in [0.05, 0.1) is 24.8 Å². The van der Waals surface area contributed by atoms with E-state index in [9.17, 15) is 13.2 Å². The molecule has 1 N–H and O–H groups in total. The van der Waals surface area contributed by atoms with Crippen molar-refractivity contribution in [1.82, 2.24) is 9.97 Å². The zero-order valence-electron chi connectivity index (χ0n) is 15.0. The smallest absolute Gasteiger partial charge is 0.376 e. The number of halogens is 4. The van der Waals surface area contributed by atoms with Crippen LogP contribution in [0.1, 0.15) is 22.6 Å². The van der Waals surface area contributed by atoms with Crippen LogP contribution < -0.4 is 0 Å². The number of hydrogen-bond donors (Lipinski definition) is 1. The van der Waals surface area contributed by atoms with Gasteiger partial charge < -0.3 is 9.72 Å². The van der Waals surface area contributed by atoms with Gasteiger partial charge in [-0.2, -0.15) is 18.4 Å². The van der Waals surface area contributed by atoms with Gasteiger partial charge >= 0.3 is 6.18 Å². The summed E-state index contributed by atoms with van der Waals surface area (Å²) < 4.78 is 45.7. The van der Waals surface area contributed by atoms with Crippen molar-refractivity contribution in [3.8, 4) is 6.07 Å². The van der Waals surface area contributed by atoms with E-state index in [-0.39, 0.29) is 34.5 Å². The number of H-pyrrole nitrogens is 1. The standard InChI is InChI=1S/C20H15ClF3N3OS/c21-15-8-14(11-25)9-16(10-15)29-19-18(20(22,23)24)26-17(27-19)6-7-28-12-13-4-2-1-3-5-13/h1-5,8-10H,6-7,12H2,(H,26,27). The molecule has 0 fully saturated rings. The first-order valence-electron chi connectivity index (χ1n) is 8.51. The first-order chi connectivity index (χ1) is 13.8. The Morgan fingerprint density at radius 1 is 1.17 bits per heavy atom. The van der Waals surface area contributed by atoms with Crippen LogP contribution in [0, 0.1) is 11.3 Å². The fourth-order valence-corrected chi connectivity index (χ4v) is 3.84. The molecule has 0 amide bonds. The lowest BCUT2D eigenvalue weighted by atomic mass is 10.2. The third-order valence-electron chi connectivity index (χ3n) is 3.81. The molecule has 9 heteroatoms. The minimum Gasteiger partial charge on any atom is -0.376 e. The Morgan fingerprint density at radius 2 is 1.93 bits per heavy atom. The molecule has 4 nitrogen and oxygen atoms in total. The quantitative estimate of drug-likeness (QED) is 0.470. The van der Waals surface area contributed by atoms with Crippen molar-refractivity contribution in [2.24, 2.45) is 0 Å². The highest BCUT2D eigenvalue weighted by Gasteiger charge is 2.37. The second kappa shape index (κ2) is 9.35. The summed E-state index contributed by atoms with van der Waals surface area (Å²) in [7, 11) is 0. The summed E-state index contributed by atoms with van der Waals surface area (Å²) in [6.07, 6.45) is -4.38. The van der Waals surface area contributed by atoms with Crippen molar-refractivity contribution in [2.45, 2.75) is 29.1 Å². The fraction of sp³-hybridized carbons (Fsp3) is 0.200. The molecule has 0 radical (unpaired) electrons. The predicted molar refractivity (Wildman–Crippen MR) is 104 cm³/mol. The number of alkyl halides is 3. The molecule has 0 saturated carbocycles. The number of aromatic amines is 1. The van der Waals surface area contributed by atoms with Crippen molar-refractivity contribution < 1.29 is 17.9 Å². The Bertz CT molecular complexity index is 1020. The molecule has 150 valence electrons. The van der Waals surface area contributed by atoms with Gasteiger partial charge in [-0.3, -0.25) is 0 Å². The summed E-state index contributed by atoms with van der Waals surface area (Å²) in [6.45, 7) is 0.592. The summed E-state index contributed by atoms with van der Waals surface area (Å²) >= 11 is 6.74. The highest BCUT2D eigenvalue weighted by atomic mass is 35.5. The number of hydrogen-bond acceptors (Lipinski definition) is 4. The molecule has 0 unspecified atom stereocenters. The van der Waals surface area contributed by atoms with E-state index in [4.69, 9.17) is 21.6 Å². The summed E-state index contributed by atoms with van der Waals surface area (Å²) in [6, 6.07) is 15.8. The summed E-state index contributed by atoms with van der Waals surface area (Å²) in [5, 5.41) is 9.06. The summed E-state index contributed by atoms with van der Waals surface area (Å²) in [4.78, 5) is 6.83. The Balaban J connectivity index is 1.71. The summed E-state index contributed by atoms with van der Waals surface area (Å²) in [5.41, 5.74) is 0.311. The van der Waals surface area contributed by atoms with Crippen LogP contribution in [0.25, 0.3) is 0 Å². The van der Waals surface area contributed by atoms with Crippen LogP contribution >= 0.6 is 23.4 Å². The monoisotopic (exact) mass is 437 g/mol. The normalized spacial score (nSPS) is 11.4. The number of benzene rings is 2. The lowest BCUT2D eigenvalue weighted by Crippen LogP contribution is -2.07. The molecule has 1 heterocycles. The molecule has 0 saturated heterocycles. The van der Waals surface area contributed by atoms with Gasteiger partial charge in [0.1, 0.15) is 10.9 Å². The predicted octanol–water partition coefficient (Wildman–Crippen LogP) is 5.86. The molecule has 3 aromatic rings. The van der Waals surface area contributed by atoms with E-state index in [1.807, 2.05) is 36.4 Å². The average Bonchev–Trinajstić information content (AvgIpc) is 3.08. The maximum atomic E-state index is 13.4. The van der Waals surface area contributed by atoms with Crippen molar-refractivity contribution in [1.29, 1.82) is 5.26 Å². The molecule has 0 aliphatic rings. The van der Waals surface area contributed by atoms with Gasteiger partial charge in [0, 0.05) is 16.3 Å². The lowest BCUT2D eigenvalue weighted by Gasteiger charge is -2.06.